The first-order valence-corrected chi connectivity index (χ1v) is 6.95. The van der Waals surface area contributed by atoms with Crippen LogP contribution in [0.15, 0.2) is 0 Å². The summed E-state index contributed by atoms with van der Waals surface area (Å²) in [6.07, 6.45) is -2.70. The summed E-state index contributed by atoms with van der Waals surface area (Å²) < 4.78 is 15.2. The molecule has 0 bridgehead atoms. The minimum atomic E-state index is -1.22. The van der Waals surface area contributed by atoms with Gasteiger partial charge in [-0.2, -0.15) is 0 Å². The lowest BCUT2D eigenvalue weighted by atomic mass is 9.85. The van der Waals surface area contributed by atoms with Crippen molar-refractivity contribution in [1.82, 2.24) is 5.32 Å². The van der Waals surface area contributed by atoms with Crippen molar-refractivity contribution in [2.24, 2.45) is 5.92 Å². The third-order valence-electron chi connectivity index (χ3n) is 3.40. The van der Waals surface area contributed by atoms with Crippen LogP contribution in [0.4, 0.5) is 0 Å². The van der Waals surface area contributed by atoms with Gasteiger partial charge in [0.1, 0.15) is 6.10 Å². The molecule has 0 saturated carbocycles. The third kappa shape index (κ3) is 4.52. The summed E-state index contributed by atoms with van der Waals surface area (Å²) in [7, 11) is 0. The molecule has 1 aliphatic rings. The zero-order valence-electron chi connectivity index (χ0n) is 13.2. The van der Waals surface area contributed by atoms with Crippen molar-refractivity contribution < 1.29 is 33.4 Å². The Bertz CT molecular complexity index is 476. The van der Waals surface area contributed by atoms with Gasteiger partial charge in [0, 0.05) is 26.7 Å². The van der Waals surface area contributed by atoms with E-state index in [1.165, 1.54) is 13.8 Å². The lowest BCUT2D eigenvalue weighted by Gasteiger charge is -2.43. The van der Waals surface area contributed by atoms with Gasteiger partial charge in [-0.3, -0.25) is 14.4 Å². The Morgan fingerprint density at radius 1 is 1.00 bits per heavy atom. The second-order valence-corrected chi connectivity index (χ2v) is 5.33. The molecule has 22 heavy (non-hydrogen) atoms. The molecule has 0 radical (unpaired) electrons. The van der Waals surface area contributed by atoms with Crippen LogP contribution in [-0.4, -0.2) is 48.2 Å². The predicted octanol–water partition coefficient (Wildman–Crippen LogP) is -0.0641. The average molecular weight is 315 g/mol. The van der Waals surface area contributed by atoms with E-state index in [1.54, 1.807) is 13.8 Å². The van der Waals surface area contributed by atoms with Gasteiger partial charge in [-0.25, -0.2) is 4.79 Å². The first-order chi connectivity index (χ1) is 10.1. The lowest BCUT2D eigenvalue weighted by molar-refractivity contribution is -0.202. The molecule has 0 spiro atoms. The van der Waals surface area contributed by atoms with Crippen molar-refractivity contribution in [3.05, 3.63) is 0 Å². The molecule has 0 aromatic heterocycles. The van der Waals surface area contributed by atoms with Gasteiger partial charge in [-0.15, -0.1) is 0 Å². The quantitative estimate of drug-likeness (QED) is 0.574. The fourth-order valence-corrected chi connectivity index (χ4v) is 2.53. The molecule has 1 saturated heterocycles. The molecule has 1 N–H and O–H groups in total. The number of hydrogen-bond donors (Lipinski definition) is 1. The monoisotopic (exact) mass is 315 g/mol. The zero-order chi connectivity index (χ0) is 17.0. The van der Waals surface area contributed by atoms with Crippen molar-refractivity contribution in [3.8, 4) is 0 Å². The first-order valence-electron chi connectivity index (χ1n) is 6.95. The van der Waals surface area contributed by atoms with Gasteiger partial charge >= 0.3 is 17.9 Å². The summed E-state index contributed by atoms with van der Waals surface area (Å²) in [6.45, 7) is 7.05. The molecule has 1 aliphatic heterocycles. The Kier molecular flexibility index (Phi) is 6.04. The Morgan fingerprint density at radius 3 is 2.05 bits per heavy atom. The lowest BCUT2D eigenvalue weighted by Crippen LogP contribution is -2.61. The zero-order valence-corrected chi connectivity index (χ0v) is 13.2. The summed E-state index contributed by atoms with van der Waals surface area (Å²) in [5.74, 6) is -2.96. The Balaban J connectivity index is 3.01. The maximum Gasteiger partial charge on any atom is 0.346 e. The maximum atomic E-state index is 12.0. The van der Waals surface area contributed by atoms with Crippen LogP contribution in [0.2, 0.25) is 0 Å². The fourth-order valence-electron chi connectivity index (χ4n) is 2.53. The minimum Gasteiger partial charge on any atom is -0.459 e. The molecule has 4 unspecified atom stereocenters. The third-order valence-corrected chi connectivity index (χ3v) is 3.40. The smallest absolute Gasteiger partial charge is 0.346 e. The molecule has 8 nitrogen and oxygen atoms in total. The van der Waals surface area contributed by atoms with E-state index < -0.39 is 48.2 Å². The molecule has 1 rings (SSSR count). The minimum absolute atomic E-state index is 0.265. The van der Waals surface area contributed by atoms with Crippen LogP contribution >= 0.6 is 0 Å². The van der Waals surface area contributed by atoms with Crippen LogP contribution in [0, 0.1) is 5.92 Å². The number of nitrogens with one attached hydrogen (secondary N) is 1. The number of rotatable bonds is 3. The Morgan fingerprint density at radius 2 is 1.59 bits per heavy atom. The van der Waals surface area contributed by atoms with Gasteiger partial charge in [0.05, 0.1) is 12.1 Å². The van der Waals surface area contributed by atoms with Gasteiger partial charge in [-0.1, -0.05) is 6.92 Å². The van der Waals surface area contributed by atoms with Crippen molar-refractivity contribution in [1.29, 1.82) is 0 Å². The van der Waals surface area contributed by atoms with E-state index in [1.807, 2.05) is 0 Å². The Labute approximate surface area is 128 Å². The number of amides is 1. The molecular weight excluding hydrogens is 294 g/mol. The van der Waals surface area contributed by atoms with E-state index in [4.69, 9.17) is 9.47 Å². The second kappa shape index (κ2) is 7.35. The standard InChI is InChI=1S/C14H21NO7/c1-6-11(15-8(3)16)7(2)20-13(12(6)21-9(4)17)14(19)22-10(5)18/h6-7,11-13H,1-5H3,(H,15,16)/t6?,7-,11?,12?,13?/m0/s1. The second-order valence-electron chi connectivity index (χ2n) is 5.33. The van der Waals surface area contributed by atoms with Gasteiger partial charge in [-0.05, 0) is 6.92 Å². The molecule has 1 amide bonds. The summed E-state index contributed by atoms with van der Waals surface area (Å²) in [5.41, 5.74) is 0. The maximum absolute atomic E-state index is 12.0. The van der Waals surface area contributed by atoms with Crippen LogP contribution in [0.25, 0.3) is 0 Å². The van der Waals surface area contributed by atoms with Gasteiger partial charge in [0.15, 0.2) is 6.10 Å². The van der Waals surface area contributed by atoms with Crippen LogP contribution in [0.5, 0.6) is 0 Å². The van der Waals surface area contributed by atoms with Gasteiger partial charge < -0.3 is 19.5 Å². The van der Waals surface area contributed by atoms with Crippen molar-refractivity contribution in [2.75, 3.05) is 0 Å². The van der Waals surface area contributed by atoms with Crippen molar-refractivity contribution in [3.63, 3.8) is 0 Å². The van der Waals surface area contributed by atoms with E-state index in [2.05, 4.69) is 10.1 Å². The number of carbonyl (C=O) groups excluding carboxylic acids is 4. The number of ether oxygens (including phenoxy) is 3. The highest BCUT2D eigenvalue weighted by Crippen LogP contribution is 2.29. The van der Waals surface area contributed by atoms with E-state index in [0.717, 1.165) is 6.92 Å². The number of carbonyl (C=O) groups is 4. The SMILES string of the molecule is CC(=O)NC1C(C)C(OC(C)=O)C(C(=O)OC(C)=O)O[C@H]1C. The van der Waals surface area contributed by atoms with Crippen LogP contribution in [0.1, 0.15) is 34.6 Å². The van der Waals surface area contributed by atoms with Crippen LogP contribution in [-0.2, 0) is 33.4 Å². The van der Waals surface area contributed by atoms with E-state index >= 15 is 0 Å². The molecule has 0 aromatic carbocycles. The topological polar surface area (TPSA) is 108 Å². The summed E-state index contributed by atoms with van der Waals surface area (Å²) in [4.78, 5) is 45.5. The number of hydrogen-bond acceptors (Lipinski definition) is 7. The van der Waals surface area contributed by atoms with E-state index in [-0.39, 0.29) is 5.91 Å². The molecular formula is C14H21NO7. The molecule has 0 aromatic rings. The molecule has 5 atom stereocenters. The van der Waals surface area contributed by atoms with Crippen molar-refractivity contribution in [2.45, 2.75) is 59.0 Å². The molecule has 1 heterocycles. The molecule has 1 fully saturated rings. The average Bonchev–Trinajstić information content (AvgIpc) is 2.36. The normalized spacial score (nSPS) is 31.0. The molecule has 8 heteroatoms. The van der Waals surface area contributed by atoms with Gasteiger partial charge in [0.2, 0.25) is 5.91 Å². The summed E-state index contributed by atoms with van der Waals surface area (Å²) >= 11 is 0. The van der Waals surface area contributed by atoms with Gasteiger partial charge in [0.25, 0.3) is 0 Å². The van der Waals surface area contributed by atoms with E-state index in [0.29, 0.717) is 0 Å². The molecule has 124 valence electrons. The predicted molar refractivity (Wildman–Crippen MR) is 73.4 cm³/mol. The Hall–Kier alpha value is -1.96. The van der Waals surface area contributed by atoms with Crippen LogP contribution < -0.4 is 5.32 Å². The highest BCUT2D eigenvalue weighted by atomic mass is 16.6. The highest BCUT2D eigenvalue weighted by molar-refractivity contribution is 5.87. The largest absolute Gasteiger partial charge is 0.459 e. The van der Waals surface area contributed by atoms with E-state index in [9.17, 15) is 19.2 Å². The highest BCUT2D eigenvalue weighted by Gasteiger charge is 2.48. The fraction of sp³-hybridized carbons (Fsp3) is 0.714. The first kappa shape index (κ1) is 18.1. The van der Waals surface area contributed by atoms with Crippen molar-refractivity contribution >= 4 is 23.8 Å². The number of esters is 3. The molecule has 0 aliphatic carbocycles. The van der Waals surface area contributed by atoms with Crippen LogP contribution in [0.3, 0.4) is 0 Å². The summed E-state index contributed by atoms with van der Waals surface area (Å²) in [5, 5.41) is 2.71. The summed E-state index contributed by atoms with van der Waals surface area (Å²) in [6, 6.07) is -0.441.